The van der Waals surface area contributed by atoms with Crippen LogP contribution >= 0.6 is 0 Å². The molecule has 0 spiro atoms. The van der Waals surface area contributed by atoms with Crippen molar-refractivity contribution in [1.29, 1.82) is 0 Å². The van der Waals surface area contributed by atoms with Gasteiger partial charge in [0, 0.05) is 18.7 Å². The highest BCUT2D eigenvalue weighted by molar-refractivity contribution is 5.33. The van der Waals surface area contributed by atoms with Crippen molar-refractivity contribution in [2.24, 2.45) is 0 Å². The van der Waals surface area contributed by atoms with E-state index >= 15 is 0 Å². The van der Waals surface area contributed by atoms with Crippen LogP contribution in [-0.4, -0.2) is 24.4 Å². The Bertz CT molecular complexity index is 528. The monoisotopic (exact) mass is 285 g/mol. The number of rotatable bonds is 8. The normalized spacial score (nSPS) is 12.1. The summed E-state index contributed by atoms with van der Waals surface area (Å²) in [6.07, 6.45) is 0.285. The first-order valence-electron chi connectivity index (χ1n) is 7.43. The minimum absolute atomic E-state index is 0.383. The molecule has 1 atom stereocenters. The highest BCUT2D eigenvalue weighted by atomic mass is 16.5. The highest BCUT2D eigenvalue weighted by Crippen LogP contribution is 2.17. The van der Waals surface area contributed by atoms with Crippen LogP contribution in [0.2, 0.25) is 0 Å². The van der Waals surface area contributed by atoms with Gasteiger partial charge >= 0.3 is 0 Å². The zero-order valence-electron chi connectivity index (χ0n) is 12.5. The Kier molecular flexibility index (Phi) is 6.25. The minimum Gasteiger partial charge on any atom is -0.494 e. The molecule has 21 heavy (non-hydrogen) atoms. The van der Waals surface area contributed by atoms with Crippen molar-refractivity contribution in [3.05, 3.63) is 65.7 Å². The second kappa shape index (κ2) is 8.45. The Labute approximate surface area is 126 Å². The quantitative estimate of drug-likeness (QED) is 0.783. The van der Waals surface area contributed by atoms with Gasteiger partial charge in [-0.3, -0.25) is 0 Å². The van der Waals surface area contributed by atoms with Gasteiger partial charge in [0.05, 0.1) is 12.7 Å². The van der Waals surface area contributed by atoms with Gasteiger partial charge in [-0.2, -0.15) is 0 Å². The van der Waals surface area contributed by atoms with Crippen molar-refractivity contribution in [3.8, 4) is 5.75 Å². The zero-order chi connectivity index (χ0) is 14.9. The maximum absolute atomic E-state index is 10.1. The molecule has 0 saturated heterocycles. The summed E-state index contributed by atoms with van der Waals surface area (Å²) in [6, 6.07) is 18.0. The molecule has 0 aliphatic carbocycles. The van der Waals surface area contributed by atoms with E-state index in [2.05, 4.69) is 5.32 Å². The van der Waals surface area contributed by atoms with E-state index in [4.69, 9.17) is 4.74 Å². The molecule has 0 radical (unpaired) electrons. The number of nitrogens with one attached hydrogen (secondary N) is 1. The largest absolute Gasteiger partial charge is 0.494 e. The lowest BCUT2D eigenvalue weighted by Gasteiger charge is -2.14. The Balaban J connectivity index is 1.79. The molecule has 2 rings (SSSR count). The summed E-state index contributed by atoms with van der Waals surface area (Å²) in [4.78, 5) is 0. The Morgan fingerprint density at radius 2 is 1.76 bits per heavy atom. The summed E-state index contributed by atoms with van der Waals surface area (Å²) >= 11 is 0. The molecule has 0 aliphatic rings. The zero-order valence-corrected chi connectivity index (χ0v) is 12.5. The topological polar surface area (TPSA) is 41.5 Å². The van der Waals surface area contributed by atoms with Gasteiger partial charge in [0.25, 0.3) is 0 Å². The third kappa shape index (κ3) is 5.21. The molecule has 3 nitrogen and oxygen atoms in total. The van der Waals surface area contributed by atoms with Crippen LogP contribution in [0.15, 0.2) is 54.6 Å². The van der Waals surface area contributed by atoms with Crippen LogP contribution < -0.4 is 10.1 Å². The van der Waals surface area contributed by atoms with Crippen LogP contribution in [0.25, 0.3) is 0 Å². The molecule has 0 amide bonds. The SMILES string of the molecule is CCOc1ccccc1CNCC(O)Cc1ccccc1. The fraction of sp³-hybridized carbons (Fsp3) is 0.333. The lowest BCUT2D eigenvalue weighted by molar-refractivity contribution is 0.171. The van der Waals surface area contributed by atoms with Crippen molar-refractivity contribution in [2.75, 3.05) is 13.2 Å². The second-order valence-corrected chi connectivity index (χ2v) is 5.02. The highest BCUT2D eigenvalue weighted by Gasteiger charge is 2.06. The van der Waals surface area contributed by atoms with Crippen LogP contribution in [0.1, 0.15) is 18.1 Å². The lowest BCUT2D eigenvalue weighted by atomic mass is 10.1. The maximum atomic E-state index is 10.1. The molecular weight excluding hydrogens is 262 g/mol. The molecule has 0 heterocycles. The number of hydrogen-bond donors (Lipinski definition) is 2. The second-order valence-electron chi connectivity index (χ2n) is 5.02. The first-order chi connectivity index (χ1) is 10.3. The maximum Gasteiger partial charge on any atom is 0.123 e. The molecule has 1 unspecified atom stereocenters. The molecule has 0 saturated carbocycles. The van der Waals surface area contributed by atoms with Gasteiger partial charge in [-0.05, 0) is 25.0 Å². The predicted octanol–water partition coefficient (Wildman–Crippen LogP) is 2.78. The van der Waals surface area contributed by atoms with Gasteiger partial charge < -0.3 is 15.2 Å². The van der Waals surface area contributed by atoms with E-state index < -0.39 is 0 Å². The summed E-state index contributed by atoms with van der Waals surface area (Å²) in [6.45, 7) is 3.90. The number of hydrogen-bond acceptors (Lipinski definition) is 3. The number of para-hydroxylation sites is 1. The molecule has 0 aliphatic heterocycles. The average molecular weight is 285 g/mol. The standard InChI is InChI=1S/C18H23NO2/c1-2-21-18-11-7-6-10-16(18)13-19-14-17(20)12-15-8-4-3-5-9-15/h3-11,17,19-20H,2,12-14H2,1H3. The molecule has 2 aromatic carbocycles. The van der Waals surface area contributed by atoms with E-state index in [1.807, 2.05) is 61.5 Å². The Morgan fingerprint density at radius 1 is 1.05 bits per heavy atom. The fourth-order valence-electron chi connectivity index (χ4n) is 2.28. The van der Waals surface area contributed by atoms with E-state index in [1.165, 1.54) is 0 Å². The van der Waals surface area contributed by atoms with Crippen LogP contribution in [-0.2, 0) is 13.0 Å². The van der Waals surface area contributed by atoms with Crippen molar-refractivity contribution in [2.45, 2.75) is 26.0 Å². The van der Waals surface area contributed by atoms with E-state index in [-0.39, 0.29) is 6.10 Å². The van der Waals surface area contributed by atoms with E-state index in [1.54, 1.807) is 0 Å². The number of benzene rings is 2. The summed E-state index contributed by atoms with van der Waals surface area (Å²) in [7, 11) is 0. The number of ether oxygens (including phenoxy) is 1. The van der Waals surface area contributed by atoms with Crippen LogP contribution in [0, 0.1) is 0 Å². The molecule has 2 N–H and O–H groups in total. The Morgan fingerprint density at radius 3 is 2.52 bits per heavy atom. The average Bonchev–Trinajstić information content (AvgIpc) is 2.50. The van der Waals surface area contributed by atoms with Crippen LogP contribution in [0.5, 0.6) is 5.75 Å². The summed E-state index contributed by atoms with van der Waals surface area (Å²) in [5, 5.41) is 13.4. The van der Waals surface area contributed by atoms with E-state index in [0.29, 0.717) is 26.1 Å². The van der Waals surface area contributed by atoms with E-state index in [9.17, 15) is 5.11 Å². The van der Waals surface area contributed by atoms with Gasteiger partial charge in [-0.15, -0.1) is 0 Å². The van der Waals surface area contributed by atoms with Gasteiger partial charge in [-0.25, -0.2) is 0 Å². The van der Waals surface area contributed by atoms with Gasteiger partial charge in [0.15, 0.2) is 0 Å². The fourth-order valence-corrected chi connectivity index (χ4v) is 2.28. The van der Waals surface area contributed by atoms with Crippen LogP contribution in [0.4, 0.5) is 0 Å². The Hall–Kier alpha value is -1.84. The molecular formula is C18H23NO2. The summed E-state index contributed by atoms with van der Waals surface area (Å²) in [5.74, 6) is 0.907. The van der Waals surface area contributed by atoms with Crippen molar-refractivity contribution in [1.82, 2.24) is 5.32 Å². The number of aliphatic hydroxyl groups is 1. The number of aliphatic hydroxyl groups excluding tert-OH is 1. The molecule has 0 fully saturated rings. The lowest BCUT2D eigenvalue weighted by Crippen LogP contribution is -2.28. The first-order valence-corrected chi connectivity index (χ1v) is 7.43. The molecule has 2 aromatic rings. The first kappa shape index (κ1) is 15.5. The minimum atomic E-state index is -0.383. The van der Waals surface area contributed by atoms with Crippen molar-refractivity contribution >= 4 is 0 Å². The third-order valence-electron chi connectivity index (χ3n) is 3.28. The summed E-state index contributed by atoms with van der Waals surface area (Å²) in [5.41, 5.74) is 2.27. The third-order valence-corrected chi connectivity index (χ3v) is 3.28. The van der Waals surface area contributed by atoms with Gasteiger partial charge in [0.2, 0.25) is 0 Å². The van der Waals surface area contributed by atoms with Gasteiger partial charge in [0.1, 0.15) is 5.75 Å². The molecule has 3 heteroatoms. The van der Waals surface area contributed by atoms with Crippen molar-refractivity contribution in [3.63, 3.8) is 0 Å². The van der Waals surface area contributed by atoms with Gasteiger partial charge in [-0.1, -0.05) is 48.5 Å². The molecule has 0 bridgehead atoms. The predicted molar refractivity (Wildman–Crippen MR) is 85.5 cm³/mol. The van der Waals surface area contributed by atoms with Crippen LogP contribution in [0.3, 0.4) is 0 Å². The molecule has 0 aromatic heterocycles. The smallest absolute Gasteiger partial charge is 0.123 e. The van der Waals surface area contributed by atoms with Crippen molar-refractivity contribution < 1.29 is 9.84 Å². The van der Waals surface area contributed by atoms with E-state index in [0.717, 1.165) is 16.9 Å². The summed E-state index contributed by atoms with van der Waals surface area (Å²) < 4.78 is 5.59. The molecule has 112 valence electrons.